The zero-order valence-corrected chi connectivity index (χ0v) is 11.6. The van der Waals surface area contributed by atoms with Gasteiger partial charge in [0.25, 0.3) is 0 Å². The Labute approximate surface area is 126 Å². The van der Waals surface area contributed by atoms with Gasteiger partial charge in [0, 0.05) is 6.54 Å². The monoisotopic (exact) mass is 341 g/mol. The van der Waals surface area contributed by atoms with Crippen LogP contribution in [0, 0.1) is 29.1 Å². The molecule has 0 saturated heterocycles. The number of hydrogen-bond acceptors (Lipinski definition) is 1. The maximum Gasteiger partial charge on any atom is 0.200 e. The van der Waals surface area contributed by atoms with Gasteiger partial charge in [-0.3, -0.25) is 0 Å². The van der Waals surface area contributed by atoms with Crippen molar-refractivity contribution in [3.8, 4) is 0 Å². The molecule has 0 amide bonds. The van der Waals surface area contributed by atoms with E-state index in [4.69, 9.17) is 23.2 Å². The third kappa shape index (κ3) is 3.06. The number of nitrogens with one attached hydrogen (secondary N) is 1. The highest BCUT2D eigenvalue weighted by atomic mass is 35.5. The van der Waals surface area contributed by atoms with Crippen LogP contribution in [0.2, 0.25) is 10.0 Å². The van der Waals surface area contributed by atoms with Gasteiger partial charge in [0.05, 0.1) is 10.0 Å². The Morgan fingerprint density at radius 3 is 1.81 bits per heavy atom. The van der Waals surface area contributed by atoms with Crippen molar-refractivity contribution < 1.29 is 22.0 Å². The molecule has 0 saturated carbocycles. The van der Waals surface area contributed by atoms with Crippen LogP contribution in [0.25, 0.3) is 0 Å². The first-order valence-corrected chi connectivity index (χ1v) is 6.27. The molecule has 8 heteroatoms. The van der Waals surface area contributed by atoms with E-state index in [1.807, 2.05) is 0 Å². The molecule has 0 spiro atoms. The van der Waals surface area contributed by atoms with Crippen molar-refractivity contribution in [2.24, 2.45) is 0 Å². The van der Waals surface area contributed by atoms with Crippen molar-refractivity contribution in [1.29, 1.82) is 0 Å². The van der Waals surface area contributed by atoms with Gasteiger partial charge in [0.15, 0.2) is 23.3 Å². The quantitative estimate of drug-likeness (QED) is 0.453. The SMILES string of the molecule is Fc1c(F)c(F)c(NCc2ccc(Cl)c(Cl)c2)c(F)c1F. The zero-order chi connectivity index (χ0) is 15.7. The summed E-state index contributed by atoms with van der Waals surface area (Å²) in [7, 11) is 0. The second kappa shape index (κ2) is 6.07. The van der Waals surface area contributed by atoms with Crippen molar-refractivity contribution in [1.82, 2.24) is 0 Å². The topological polar surface area (TPSA) is 12.0 Å². The van der Waals surface area contributed by atoms with E-state index in [0.717, 1.165) is 0 Å². The molecule has 2 aromatic carbocycles. The summed E-state index contributed by atoms with van der Waals surface area (Å²) >= 11 is 11.4. The van der Waals surface area contributed by atoms with E-state index in [-0.39, 0.29) is 16.6 Å². The van der Waals surface area contributed by atoms with Crippen LogP contribution in [0.5, 0.6) is 0 Å². The van der Waals surface area contributed by atoms with Crippen LogP contribution in [0.15, 0.2) is 18.2 Å². The molecule has 0 fully saturated rings. The van der Waals surface area contributed by atoms with Gasteiger partial charge in [-0.15, -0.1) is 0 Å². The summed E-state index contributed by atoms with van der Waals surface area (Å²) in [4.78, 5) is 0. The first kappa shape index (κ1) is 15.9. The smallest absolute Gasteiger partial charge is 0.200 e. The van der Waals surface area contributed by atoms with Crippen LogP contribution in [0.3, 0.4) is 0 Å². The van der Waals surface area contributed by atoms with Crippen molar-refractivity contribution in [2.75, 3.05) is 5.32 Å². The third-order valence-electron chi connectivity index (χ3n) is 2.66. The molecule has 0 radical (unpaired) electrons. The molecule has 0 aliphatic heterocycles. The number of halogens is 7. The summed E-state index contributed by atoms with van der Waals surface area (Å²) in [5.41, 5.74) is -0.647. The van der Waals surface area contributed by atoms with Gasteiger partial charge >= 0.3 is 0 Å². The Hall–Kier alpha value is -1.53. The average Bonchev–Trinajstić information content (AvgIpc) is 2.46. The Morgan fingerprint density at radius 2 is 1.29 bits per heavy atom. The molecule has 0 unspecified atom stereocenters. The molecule has 112 valence electrons. The van der Waals surface area contributed by atoms with Crippen molar-refractivity contribution in [2.45, 2.75) is 6.54 Å². The Balaban J connectivity index is 2.30. The standard InChI is InChI=1S/C13H6Cl2F5N/c14-6-2-1-5(3-7(6)15)4-21-13-11(19)9(17)8(16)10(18)12(13)20/h1-3,21H,4H2. The van der Waals surface area contributed by atoms with Crippen LogP contribution in [0.1, 0.15) is 5.56 Å². The van der Waals surface area contributed by atoms with Crippen LogP contribution >= 0.6 is 23.2 Å². The molecule has 21 heavy (non-hydrogen) atoms. The van der Waals surface area contributed by atoms with E-state index in [9.17, 15) is 22.0 Å². The minimum atomic E-state index is -2.20. The van der Waals surface area contributed by atoms with Crippen molar-refractivity contribution in [3.05, 3.63) is 62.9 Å². The second-order valence-corrected chi connectivity index (χ2v) is 4.86. The Kier molecular flexibility index (Phi) is 4.58. The summed E-state index contributed by atoms with van der Waals surface area (Å²) in [5, 5.41) is 2.63. The summed E-state index contributed by atoms with van der Waals surface area (Å²) in [6, 6.07) is 4.34. The molecule has 0 bridgehead atoms. The maximum atomic E-state index is 13.4. The van der Waals surface area contributed by atoms with E-state index in [2.05, 4.69) is 5.32 Å². The zero-order valence-electron chi connectivity index (χ0n) is 10.1. The fourth-order valence-corrected chi connectivity index (χ4v) is 1.92. The summed E-state index contributed by atoms with van der Waals surface area (Å²) in [5.74, 6) is -10.1. The van der Waals surface area contributed by atoms with E-state index < -0.39 is 34.8 Å². The van der Waals surface area contributed by atoms with E-state index in [0.29, 0.717) is 5.56 Å². The molecule has 0 heterocycles. The van der Waals surface area contributed by atoms with Gasteiger partial charge in [0.1, 0.15) is 5.69 Å². The van der Waals surface area contributed by atoms with Gasteiger partial charge in [0.2, 0.25) is 5.82 Å². The van der Waals surface area contributed by atoms with Crippen LogP contribution in [-0.2, 0) is 6.54 Å². The molecule has 0 aromatic heterocycles. The van der Waals surface area contributed by atoms with Gasteiger partial charge in [-0.05, 0) is 17.7 Å². The highest BCUT2D eigenvalue weighted by Crippen LogP contribution is 2.28. The molecule has 0 aliphatic rings. The number of rotatable bonds is 3. The Bertz CT molecular complexity index is 676. The number of benzene rings is 2. The fraction of sp³-hybridized carbons (Fsp3) is 0.0769. The maximum absolute atomic E-state index is 13.4. The molecular formula is C13H6Cl2F5N. The number of anilines is 1. The Morgan fingerprint density at radius 1 is 0.762 bits per heavy atom. The van der Waals surface area contributed by atoms with Crippen LogP contribution < -0.4 is 5.32 Å². The van der Waals surface area contributed by atoms with Gasteiger partial charge in [-0.25, -0.2) is 22.0 Å². The third-order valence-corrected chi connectivity index (χ3v) is 3.40. The summed E-state index contributed by atoms with van der Waals surface area (Å²) in [6.45, 7) is -0.199. The highest BCUT2D eigenvalue weighted by Gasteiger charge is 2.25. The normalized spacial score (nSPS) is 10.8. The molecule has 1 N–H and O–H groups in total. The molecule has 2 rings (SSSR count). The minimum Gasteiger partial charge on any atom is -0.376 e. The van der Waals surface area contributed by atoms with E-state index >= 15 is 0 Å². The molecular weight excluding hydrogens is 336 g/mol. The van der Waals surface area contributed by atoms with Gasteiger partial charge in [-0.2, -0.15) is 0 Å². The van der Waals surface area contributed by atoms with Crippen LogP contribution in [-0.4, -0.2) is 0 Å². The molecule has 2 aromatic rings. The molecule has 0 atom stereocenters. The highest BCUT2D eigenvalue weighted by molar-refractivity contribution is 6.42. The minimum absolute atomic E-state index is 0.199. The van der Waals surface area contributed by atoms with E-state index in [1.165, 1.54) is 18.2 Å². The van der Waals surface area contributed by atoms with Gasteiger partial charge < -0.3 is 5.32 Å². The second-order valence-electron chi connectivity index (χ2n) is 4.05. The lowest BCUT2D eigenvalue weighted by Crippen LogP contribution is -2.09. The molecule has 1 nitrogen and oxygen atoms in total. The van der Waals surface area contributed by atoms with Crippen molar-refractivity contribution >= 4 is 28.9 Å². The van der Waals surface area contributed by atoms with Gasteiger partial charge in [-0.1, -0.05) is 29.3 Å². The summed E-state index contributed by atoms with van der Waals surface area (Å²) < 4.78 is 65.7. The molecule has 0 aliphatic carbocycles. The number of hydrogen-bond donors (Lipinski definition) is 1. The van der Waals surface area contributed by atoms with Crippen LogP contribution in [0.4, 0.5) is 27.6 Å². The lowest BCUT2D eigenvalue weighted by Gasteiger charge is -2.11. The predicted octanol–water partition coefficient (Wildman–Crippen LogP) is 5.30. The summed E-state index contributed by atoms with van der Waals surface area (Å²) in [6.07, 6.45) is 0. The average molecular weight is 342 g/mol. The predicted molar refractivity (Wildman–Crippen MR) is 70.0 cm³/mol. The van der Waals surface area contributed by atoms with E-state index in [1.54, 1.807) is 0 Å². The lowest BCUT2D eigenvalue weighted by atomic mass is 10.2. The lowest BCUT2D eigenvalue weighted by molar-refractivity contribution is 0.381. The fourth-order valence-electron chi connectivity index (χ4n) is 1.60. The first-order chi connectivity index (χ1) is 9.82. The first-order valence-electron chi connectivity index (χ1n) is 5.52. The van der Waals surface area contributed by atoms with Crippen molar-refractivity contribution in [3.63, 3.8) is 0 Å². The largest absolute Gasteiger partial charge is 0.376 e.